The highest BCUT2D eigenvalue weighted by Gasteiger charge is 2.26. The van der Waals surface area contributed by atoms with E-state index in [0.29, 0.717) is 34.8 Å². The van der Waals surface area contributed by atoms with Gasteiger partial charge in [0.2, 0.25) is 17.6 Å². The van der Waals surface area contributed by atoms with E-state index in [1.165, 1.54) is 0 Å². The van der Waals surface area contributed by atoms with Gasteiger partial charge >= 0.3 is 0 Å². The van der Waals surface area contributed by atoms with Crippen molar-refractivity contribution in [3.05, 3.63) is 52.9 Å². The molecule has 0 aliphatic carbocycles. The number of likely N-dealkylation sites (tertiary alicyclic amines) is 1. The maximum absolute atomic E-state index is 12.7. The van der Waals surface area contributed by atoms with Gasteiger partial charge in [-0.3, -0.25) is 9.69 Å². The van der Waals surface area contributed by atoms with Crippen LogP contribution in [0.1, 0.15) is 24.3 Å². The molecular weight excluding hydrogens is 444 g/mol. The fourth-order valence-electron chi connectivity index (χ4n) is 3.87. The Labute approximate surface area is 197 Å². The molecule has 9 heteroatoms. The normalized spacial score (nSPS) is 14.8. The number of nitrogens with one attached hydrogen (secondary N) is 1. The number of anilines is 1. The number of aromatic nitrogens is 2. The summed E-state index contributed by atoms with van der Waals surface area (Å²) in [6.07, 6.45) is 1.53. The van der Waals surface area contributed by atoms with Crippen molar-refractivity contribution in [2.45, 2.75) is 26.3 Å². The minimum Gasteiger partial charge on any atom is -0.493 e. The van der Waals surface area contributed by atoms with Gasteiger partial charge in [-0.15, -0.1) is 0 Å². The molecule has 4 rings (SSSR count). The number of amides is 1. The summed E-state index contributed by atoms with van der Waals surface area (Å²) in [5.74, 6) is 2.28. The molecule has 33 heavy (non-hydrogen) atoms. The highest BCUT2D eigenvalue weighted by atomic mass is 35.5. The summed E-state index contributed by atoms with van der Waals surface area (Å²) in [4.78, 5) is 19.4. The van der Waals surface area contributed by atoms with Gasteiger partial charge in [0.25, 0.3) is 0 Å². The topological polar surface area (TPSA) is 89.7 Å². The van der Waals surface area contributed by atoms with Gasteiger partial charge in [-0.25, -0.2) is 0 Å². The Morgan fingerprint density at radius 2 is 1.91 bits per heavy atom. The summed E-state index contributed by atoms with van der Waals surface area (Å²) in [6.45, 7) is 4.04. The van der Waals surface area contributed by atoms with Crippen molar-refractivity contribution in [1.29, 1.82) is 0 Å². The minimum atomic E-state index is -0.0358. The molecule has 8 nitrogen and oxygen atoms in total. The molecular formula is C24H27ClN4O4. The highest BCUT2D eigenvalue weighted by molar-refractivity contribution is 6.31. The number of methoxy groups -OCH3 is 2. The van der Waals surface area contributed by atoms with E-state index in [0.717, 1.165) is 42.7 Å². The highest BCUT2D eigenvalue weighted by Crippen LogP contribution is 2.31. The number of carbonyl (C=O) groups excluding carboxylic acids is 1. The molecule has 0 saturated carbocycles. The van der Waals surface area contributed by atoms with Gasteiger partial charge in [0.15, 0.2) is 11.5 Å². The first-order valence-corrected chi connectivity index (χ1v) is 11.2. The van der Waals surface area contributed by atoms with Crippen LogP contribution in [-0.2, 0) is 11.3 Å². The van der Waals surface area contributed by atoms with Gasteiger partial charge in [0, 0.05) is 22.2 Å². The van der Waals surface area contributed by atoms with Crippen molar-refractivity contribution in [2.24, 2.45) is 5.92 Å². The number of benzene rings is 2. The third-order valence-corrected chi connectivity index (χ3v) is 6.27. The van der Waals surface area contributed by atoms with Crippen LogP contribution in [0, 0.1) is 12.8 Å². The van der Waals surface area contributed by atoms with Gasteiger partial charge in [-0.2, -0.15) is 4.98 Å². The molecule has 0 atom stereocenters. The fourth-order valence-corrected chi connectivity index (χ4v) is 4.05. The van der Waals surface area contributed by atoms with E-state index in [9.17, 15) is 4.79 Å². The molecule has 1 amide bonds. The molecule has 3 aromatic rings. The molecule has 1 N–H and O–H groups in total. The van der Waals surface area contributed by atoms with Crippen molar-refractivity contribution >= 4 is 23.2 Å². The number of hydrogen-bond donors (Lipinski definition) is 1. The average molecular weight is 471 g/mol. The van der Waals surface area contributed by atoms with Crippen LogP contribution in [0.3, 0.4) is 0 Å². The van der Waals surface area contributed by atoms with E-state index in [2.05, 4.69) is 20.4 Å². The average Bonchev–Trinajstić information content (AvgIpc) is 3.30. The van der Waals surface area contributed by atoms with E-state index in [4.69, 9.17) is 25.6 Å². The number of hydrogen-bond acceptors (Lipinski definition) is 7. The van der Waals surface area contributed by atoms with Crippen LogP contribution in [0.4, 0.5) is 5.69 Å². The molecule has 0 unspecified atom stereocenters. The number of ether oxygens (including phenoxy) is 2. The van der Waals surface area contributed by atoms with Crippen molar-refractivity contribution in [2.75, 3.05) is 32.6 Å². The molecule has 174 valence electrons. The van der Waals surface area contributed by atoms with Gasteiger partial charge in [0.1, 0.15) is 0 Å². The summed E-state index contributed by atoms with van der Waals surface area (Å²) >= 11 is 6.16. The summed E-state index contributed by atoms with van der Waals surface area (Å²) in [5, 5.41) is 7.73. The first-order valence-electron chi connectivity index (χ1n) is 10.8. The third kappa shape index (κ3) is 5.46. The van der Waals surface area contributed by atoms with Crippen LogP contribution in [-0.4, -0.2) is 48.3 Å². The Balaban J connectivity index is 1.31. The molecule has 2 aromatic carbocycles. The van der Waals surface area contributed by atoms with Crippen LogP contribution >= 0.6 is 11.6 Å². The zero-order chi connectivity index (χ0) is 23.4. The second-order valence-electron chi connectivity index (χ2n) is 8.09. The SMILES string of the molecule is COc1ccc(-c2noc(CN3CCC(C(=O)Nc4ccc(C)c(Cl)c4)CC3)n2)cc1OC. The van der Waals surface area contributed by atoms with Crippen molar-refractivity contribution < 1.29 is 18.8 Å². The Morgan fingerprint density at radius 1 is 1.15 bits per heavy atom. The third-order valence-electron chi connectivity index (χ3n) is 5.87. The predicted octanol–water partition coefficient (Wildman–Crippen LogP) is 4.57. The lowest BCUT2D eigenvalue weighted by molar-refractivity contribution is -0.121. The van der Waals surface area contributed by atoms with Gasteiger partial charge in [0.05, 0.1) is 20.8 Å². The minimum absolute atomic E-state index is 0.0306. The Kier molecular flexibility index (Phi) is 7.15. The molecule has 1 aliphatic rings. The lowest BCUT2D eigenvalue weighted by Crippen LogP contribution is -2.37. The Morgan fingerprint density at radius 3 is 2.61 bits per heavy atom. The first kappa shape index (κ1) is 23.1. The lowest BCUT2D eigenvalue weighted by atomic mass is 9.96. The van der Waals surface area contributed by atoms with Gasteiger partial charge in [-0.1, -0.05) is 22.8 Å². The largest absolute Gasteiger partial charge is 0.493 e. The summed E-state index contributed by atoms with van der Waals surface area (Å²) in [5.41, 5.74) is 2.50. The van der Waals surface area contributed by atoms with Crippen molar-refractivity contribution in [3.63, 3.8) is 0 Å². The predicted molar refractivity (Wildman–Crippen MR) is 126 cm³/mol. The monoisotopic (exact) mass is 470 g/mol. The molecule has 1 aromatic heterocycles. The molecule has 0 bridgehead atoms. The molecule has 2 heterocycles. The van der Waals surface area contributed by atoms with Crippen LogP contribution < -0.4 is 14.8 Å². The molecule has 0 radical (unpaired) electrons. The van der Waals surface area contributed by atoms with Crippen molar-refractivity contribution in [1.82, 2.24) is 15.0 Å². The number of piperidine rings is 1. The van der Waals surface area contributed by atoms with Crippen LogP contribution in [0.15, 0.2) is 40.9 Å². The number of nitrogens with zero attached hydrogens (tertiary/aromatic N) is 3. The summed E-state index contributed by atoms with van der Waals surface area (Å²) < 4.78 is 16.1. The maximum Gasteiger partial charge on any atom is 0.241 e. The van der Waals surface area contributed by atoms with Gasteiger partial charge in [-0.05, 0) is 68.8 Å². The zero-order valence-corrected chi connectivity index (χ0v) is 19.7. The second-order valence-corrected chi connectivity index (χ2v) is 8.49. The number of rotatable bonds is 7. The number of carbonyl (C=O) groups is 1. The van der Waals surface area contributed by atoms with E-state index >= 15 is 0 Å². The van der Waals surface area contributed by atoms with Crippen LogP contribution in [0.5, 0.6) is 11.5 Å². The van der Waals surface area contributed by atoms with E-state index in [1.54, 1.807) is 20.3 Å². The zero-order valence-electron chi connectivity index (χ0n) is 18.9. The number of halogens is 1. The molecule has 1 aliphatic heterocycles. The van der Waals surface area contributed by atoms with E-state index in [1.807, 2.05) is 37.3 Å². The molecule has 1 saturated heterocycles. The lowest BCUT2D eigenvalue weighted by Gasteiger charge is -2.30. The van der Waals surface area contributed by atoms with Gasteiger partial charge < -0.3 is 19.3 Å². The molecule has 0 spiro atoms. The quantitative estimate of drug-likeness (QED) is 0.541. The Bertz CT molecular complexity index is 1130. The molecule has 1 fully saturated rings. The van der Waals surface area contributed by atoms with Crippen LogP contribution in [0.2, 0.25) is 5.02 Å². The second kappa shape index (κ2) is 10.2. The first-order chi connectivity index (χ1) is 16.0. The van der Waals surface area contributed by atoms with Crippen LogP contribution in [0.25, 0.3) is 11.4 Å². The summed E-state index contributed by atoms with van der Waals surface area (Å²) in [7, 11) is 3.18. The number of aryl methyl sites for hydroxylation is 1. The smallest absolute Gasteiger partial charge is 0.241 e. The van der Waals surface area contributed by atoms with E-state index in [-0.39, 0.29) is 11.8 Å². The standard InChI is InChI=1S/C24H27ClN4O4/c1-15-4-6-18(13-19(15)25)26-24(30)16-8-10-29(11-9-16)14-22-27-23(28-33-22)17-5-7-20(31-2)21(12-17)32-3/h4-7,12-13,16H,8-11,14H2,1-3H3,(H,26,30). The maximum atomic E-state index is 12.7. The van der Waals surface area contributed by atoms with E-state index < -0.39 is 0 Å². The summed E-state index contributed by atoms with van der Waals surface area (Å²) in [6, 6.07) is 11.1. The van der Waals surface area contributed by atoms with Crippen molar-refractivity contribution in [3.8, 4) is 22.9 Å². The Hall–Kier alpha value is -3.10. The fraction of sp³-hybridized carbons (Fsp3) is 0.375.